The highest BCUT2D eigenvalue weighted by atomic mass is 15.3. The van der Waals surface area contributed by atoms with Crippen LogP contribution >= 0.6 is 0 Å². The third kappa shape index (κ3) is 1.66. The molecular weight excluding hydrogens is 178 g/mol. The van der Waals surface area contributed by atoms with Gasteiger partial charge in [-0.1, -0.05) is 0 Å². The van der Waals surface area contributed by atoms with Gasteiger partial charge >= 0.3 is 0 Å². The molecule has 2 rings (SSSR count). The number of nitrogen functional groups attached to an aromatic ring is 1. The molecule has 0 bridgehead atoms. The molecule has 0 unspecified atom stereocenters. The molecule has 72 valence electrons. The van der Waals surface area contributed by atoms with Gasteiger partial charge in [0.05, 0.1) is 17.6 Å². The molecule has 5 heteroatoms. The van der Waals surface area contributed by atoms with Crippen molar-refractivity contribution in [2.75, 3.05) is 11.1 Å². The van der Waals surface area contributed by atoms with E-state index in [0.717, 1.165) is 11.5 Å². The first-order chi connectivity index (χ1) is 6.75. The Morgan fingerprint density at radius 3 is 2.93 bits per heavy atom. The molecule has 0 aliphatic carbocycles. The van der Waals surface area contributed by atoms with Crippen LogP contribution in [0, 0.1) is 0 Å². The number of rotatable bonds is 2. The zero-order valence-electron chi connectivity index (χ0n) is 7.81. The third-order valence-electron chi connectivity index (χ3n) is 1.83. The summed E-state index contributed by atoms with van der Waals surface area (Å²) in [6.45, 7) is 0. The van der Waals surface area contributed by atoms with E-state index in [4.69, 9.17) is 5.73 Å². The van der Waals surface area contributed by atoms with Crippen LogP contribution in [0.1, 0.15) is 0 Å². The van der Waals surface area contributed by atoms with Gasteiger partial charge in [0.2, 0.25) is 0 Å². The number of hydrogen-bond donors (Lipinski definition) is 2. The molecule has 2 aromatic heterocycles. The first-order valence-electron chi connectivity index (χ1n) is 4.22. The number of pyridine rings is 1. The molecule has 0 spiro atoms. The third-order valence-corrected chi connectivity index (χ3v) is 1.83. The fourth-order valence-electron chi connectivity index (χ4n) is 1.13. The average molecular weight is 189 g/mol. The molecule has 3 N–H and O–H groups in total. The van der Waals surface area contributed by atoms with Gasteiger partial charge in [0.1, 0.15) is 0 Å². The van der Waals surface area contributed by atoms with Gasteiger partial charge in [0.15, 0.2) is 5.82 Å². The summed E-state index contributed by atoms with van der Waals surface area (Å²) in [6, 6.07) is 3.61. The first-order valence-corrected chi connectivity index (χ1v) is 4.22. The van der Waals surface area contributed by atoms with Gasteiger partial charge in [-0.25, -0.2) is 0 Å². The van der Waals surface area contributed by atoms with Crippen LogP contribution in [0.3, 0.4) is 0 Å². The van der Waals surface area contributed by atoms with E-state index in [0.29, 0.717) is 5.69 Å². The summed E-state index contributed by atoms with van der Waals surface area (Å²) in [5, 5.41) is 7.24. The number of nitrogens with two attached hydrogens (primary N) is 1. The normalized spacial score (nSPS) is 10.1. The summed E-state index contributed by atoms with van der Waals surface area (Å²) in [4.78, 5) is 3.97. The van der Waals surface area contributed by atoms with Gasteiger partial charge in [-0.3, -0.25) is 9.67 Å². The Bertz CT molecular complexity index is 434. The van der Waals surface area contributed by atoms with E-state index in [1.807, 2.05) is 19.3 Å². The molecule has 0 saturated carbocycles. The lowest BCUT2D eigenvalue weighted by atomic mass is 10.3. The predicted octanol–water partition coefficient (Wildman–Crippen LogP) is 1.14. The van der Waals surface area contributed by atoms with E-state index in [2.05, 4.69) is 15.4 Å². The summed E-state index contributed by atoms with van der Waals surface area (Å²) in [5.74, 6) is 0.757. The monoisotopic (exact) mass is 189 g/mol. The Morgan fingerprint density at radius 2 is 2.29 bits per heavy atom. The van der Waals surface area contributed by atoms with E-state index < -0.39 is 0 Å². The topological polar surface area (TPSA) is 68.8 Å². The van der Waals surface area contributed by atoms with Gasteiger partial charge in [0, 0.05) is 25.5 Å². The maximum atomic E-state index is 5.74. The molecule has 0 radical (unpaired) electrons. The Balaban J connectivity index is 2.23. The van der Waals surface area contributed by atoms with Crippen LogP contribution in [0.5, 0.6) is 0 Å². The van der Waals surface area contributed by atoms with Crippen molar-refractivity contribution in [1.82, 2.24) is 14.8 Å². The van der Waals surface area contributed by atoms with Crippen LogP contribution in [0.15, 0.2) is 30.7 Å². The minimum atomic E-state index is 0.658. The number of nitrogens with zero attached hydrogens (tertiary/aromatic N) is 3. The van der Waals surface area contributed by atoms with Gasteiger partial charge in [-0.2, -0.15) is 5.10 Å². The van der Waals surface area contributed by atoms with Crippen molar-refractivity contribution in [3.05, 3.63) is 30.7 Å². The summed E-state index contributed by atoms with van der Waals surface area (Å²) in [7, 11) is 1.86. The summed E-state index contributed by atoms with van der Waals surface area (Å²) >= 11 is 0. The SMILES string of the molecule is Cn1ccc(Nc2cnccc2N)n1. The molecule has 0 fully saturated rings. The van der Waals surface area contributed by atoms with Crippen molar-refractivity contribution < 1.29 is 0 Å². The van der Waals surface area contributed by atoms with E-state index in [1.54, 1.807) is 23.1 Å². The van der Waals surface area contributed by atoms with Gasteiger partial charge in [0.25, 0.3) is 0 Å². The second-order valence-corrected chi connectivity index (χ2v) is 2.96. The maximum absolute atomic E-state index is 5.74. The number of nitrogens with one attached hydrogen (secondary N) is 1. The maximum Gasteiger partial charge on any atom is 0.152 e. The molecule has 0 aliphatic heterocycles. The van der Waals surface area contributed by atoms with E-state index >= 15 is 0 Å². The van der Waals surface area contributed by atoms with Crippen LogP contribution in [-0.4, -0.2) is 14.8 Å². The molecule has 0 aromatic carbocycles. The number of anilines is 3. The molecule has 0 aliphatic rings. The zero-order chi connectivity index (χ0) is 9.97. The second-order valence-electron chi connectivity index (χ2n) is 2.96. The van der Waals surface area contributed by atoms with Crippen LogP contribution in [0.25, 0.3) is 0 Å². The number of hydrogen-bond acceptors (Lipinski definition) is 4. The van der Waals surface area contributed by atoms with Crippen molar-refractivity contribution in [2.24, 2.45) is 7.05 Å². The Hall–Kier alpha value is -2.04. The fourth-order valence-corrected chi connectivity index (χ4v) is 1.13. The van der Waals surface area contributed by atoms with Crippen molar-refractivity contribution in [3.63, 3.8) is 0 Å². The minimum Gasteiger partial charge on any atom is -0.397 e. The van der Waals surface area contributed by atoms with Crippen LogP contribution in [0.4, 0.5) is 17.2 Å². The fraction of sp³-hybridized carbons (Fsp3) is 0.111. The zero-order valence-corrected chi connectivity index (χ0v) is 7.81. The first kappa shape index (κ1) is 8.55. The highest BCUT2D eigenvalue weighted by molar-refractivity contribution is 5.69. The Labute approximate surface area is 81.6 Å². The highest BCUT2D eigenvalue weighted by Crippen LogP contribution is 2.19. The second kappa shape index (κ2) is 3.37. The lowest BCUT2D eigenvalue weighted by Gasteiger charge is -2.04. The average Bonchev–Trinajstić information content (AvgIpc) is 2.56. The van der Waals surface area contributed by atoms with Crippen molar-refractivity contribution >= 4 is 17.2 Å². The lowest BCUT2D eigenvalue weighted by Crippen LogP contribution is -1.98. The molecule has 2 aromatic rings. The Kier molecular flexibility index (Phi) is 2.06. The number of aryl methyl sites for hydroxylation is 1. The minimum absolute atomic E-state index is 0.658. The van der Waals surface area contributed by atoms with E-state index in [1.165, 1.54) is 0 Å². The van der Waals surface area contributed by atoms with Crippen LogP contribution in [0.2, 0.25) is 0 Å². The molecular formula is C9H11N5. The van der Waals surface area contributed by atoms with Crippen molar-refractivity contribution in [2.45, 2.75) is 0 Å². The summed E-state index contributed by atoms with van der Waals surface area (Å²) < 4.78 is 1.72. The van der Waals surface area contributed by atoms with E-state index in [9.17, 15) is 0 Å². The smallest absolute Gasteiger partial charge is 0.152 e. The molecule has 0 amide bonds. The van der Waals surface area contributed by atoms with Crippen LogP contribution in [-0.2, 0) is 7.05 Å². The van der Waals surface area contributed by atoms with E-state index in [-0.39, 0.29) is 0 Å². The predicted molar refractivity (Wildman–Crippen MR) is 55.1 cm³/mol. The van der Waals surface area contributed by atoms with Gasteiger partial charge in [-0.05, 0) is 6.07 Å². The number of aromatic nitrogens is 3. The standard InChI is InChI=1S/C9H11N5/c1-14-5-3-9(13-14)12-8-6-11-4-2-7(8)10/h2-6H,1H3,(H2,10,11)(H,12,13). The quantitative estimate of drug-likeness (QED) is 0.743. The van der Waals surface area contributed by atoms with Crippen molar-refractivity contribution in [3.8, 4) is 0 Å². The van der Waals surface area contributed by atoms with Crippen LogP contribution < -0.4 is 11.1 Å². The molecule has 0 atom stereocenters. The van der Waals surface area contributed by atoms with Gasteiger partial charge < -0.3 is 11.1 Å². The lowest BCUT2D eigenvalue weighted by molar-refractivity contribution is 0.771. The summed E-state index contributed by atoms with van der Waals surface area (Å²) in [5.41, 5.74) is 7.17. The highest BCUT2D eigenvalue weighted by Gasteiger charge is 2.00. The molecule has 0 saturated heterocycles. The molecule has 5 nitrogen and oxygen atoms in total. The largest absolute Gasteiger partial charge is 0.397 e. The van der Waals surface area contributed by atoms with Crippen molar-refractivity contribution in [1.29, 1.82) is 0 Å². The molecule has 14 heavy (non-hydrogen) atoms. The summed E-state index contributed by atoms with van der Waals surface area (Å²) in [6.07, 6.45) is 5.18. The molecule has 2 heterocycles. The Morgan fingerprint density at radius 1 is 1.43 bits per heavy atom. The van der Waals surface area contributed by atoms with Gasteiger partial charge in [-0.15, -0.1) is 0 Å².